The van der Waals surface area contributed by atoms with Crippen LogP contribution >= 0.6 is 11.6 Å². The minimum Gasteiger partial charge on any atom is -0.378 e. The summed E-state index contributed by atoms with van der Waals surface area (Å²) in [5, 5.41) is 7.79. The van der Waals surface area contributed by atoms with Gasteiger partial charge in [-0.15, -0.1) is 0 Å². The third kappa shape index (κ3) is 4.39. The van der Waals surface area contributed by atoms with Crippen LogP contribution < -0.4 is 16.0 Å². The number of rotatable bonds is 6. The monoisotopic (exact) mass is 456 g/mol. The van der Waals surface area contributed by atoms with Gasteiger partial charge >= 0.3 is 0 Å². The molecule has 2 amide bonds. The van der Waals surface area contributed by atoms with Crippen LogP contribution in [0.5, 0.6) is 0 Å². The summed E-state index contributed by atoms with van der Waals surface area (Å²) in [6.07, 6.45) is 2.15. The van der Waals surface area contributed by atoms with Gasteiger partial charge in [0.15, 0.2) is 5.65 Å². The van der Waals surface area contributed by atoms with Gasteiger partial charge in [0.1, 0.15) is 5.56 Å². The smallest absolute Gasteiger partial charge is 0.254 e. The second-order valence-corrected chi connectivity index (χ2v) is 8.16. The van der Waals surface area contributed by atoms with Gasteiger partial charge in [-0.25, -0.2) is 9.50 Å². The number of primary amides is 1. The molecule has 0 unspecified atom stereocenters. The molecule has 32 heavy (non-hydrogen) atoms. The number of nitrogens with two attached hydrogens (primary N) is 1. The van der Waals surface area contributed by atoms with E-state index in [-0.39, 0.29) is 17.9 Å². The number of aromatic nitrogens is 3. The summed E-state index contributed by atoms with van der Waals surface area (Å²) in [5.74, 6) is -0.699. The van der Waals surface area contributed by atoms with Crippen LogP contribution in [0.4, 0.5) is 11.4 Å². The number of anilines is 2. The molecule has 1 aliphatic rings. The highest BCUT2D eigenvalue weighted by atomic mass is 35.5. The number of amides is 2. The maximum Gasteiger partial charge on any atom is 0.254 e. The Bertz CT molecular complexity index is 1190. The highest BCUT2D eigenvalue weighted by molar-refractivity contribution is 6.31. The molecule has 0 spiro atoms. The van der Waals surface area contributed by atoms with Crippen molar-refractivity contribution in [2.75, 3.05) is 36.5 Å². The third-order valence-electron chi connectivity index (χ3n) is 5.66. The molecule has 9 nitrogen and oxygen atoms in total. The van der Waals surface area contributed by atoms with Gasteiger partial charge in [0.25, 0.3) is 5.91 Å². The Labute approximate surface area is 190 Å². The standard InChI is InChI=1S/C22H25ClN6O3/c1-13-16(14(2)29-22(26-13)17(12-25-29)21(24)31)4-6-20(30)27-18-11-15(23)3-5-19(18)28-7-9-32-10-8-28/h3,5,11-12H,4,6-10H2,1-2H3,(H2,24,31)(H,27,30). The van der Waals surface area contributed by atoms with Gasteiger partial charge in [-0.05, 0) is 44.0 Å². The largest absolute Gasteiger partial charge is 0.378 e. The van der Waals surface area contributed by atoms with Crippen molar-refractivity contribution in [2.45, 2.75) is 26.7 Å². The maximum atomic E-state index is 12.8. The van der Waals surface area contributed by atoms with Crippen LogP contribution in [0, 0.1) is 13.8 Å². The SMILES string of the molecule is Cc1nc2c(C(N)=O)cnn2c(C)c1CCC(=O)Nc1cc(Cl)ccc1N1CCOCC1. The van der Waals surface area contributed by atoms with Gasteiger partial charge in [0, 0.05) is 35.9 Å². The van der Waals surface area contributed by atoms with Crippen LogP contribution in [-0.2, 0) is 16.0 Å². The second kappa shape index (κ2) is 9.13. The molecule has 1 aromatic carbocycles. The van der Waals surface area contributed by atoms with Crippen molar-refractivity contribution in [3.63, 3.8) is 0 Å². The molecule has 4 rings (SSSR count). The number of halogens is 1. The Morgan fingerprint density at radius 2 is 2.00 bits per heavy atom. The lowest BCUT2D eigenvalue weighted by Gasteiger charge is -2.30. The van der Waals surface area contributed by atoms with E-state index in [9.17, 15) is 9.59 Å². The van der Waals surface area contributed by atoms with Crippen molar-refractivity contribution in [3.05, 3.63) is 51.9 Å². The molecule has 2 aromatic heterocycles. The molecular weight excluding hydrogens is 432 g/mol. The minimum absolute atomic E-state index is 0.126. The van der Waals surface area contributed by atoms with E-state index < -0.39 is 5.91 Å². The number of morpholine rings is 1. The van der Waals surface area contributed by atoms with Crippen molar-refractivity contribution in [1.29, 1.82) is 0 Å². The fourth-order valence-corrected chi connectivity index (χ4v) is 4.16. The first-order valence-electron chi connectivity index (χ1n) is 10.4. The van der Waals surface area contributed by atoms with Crippen molar-refractivity contribution in [3.8, 4) is 0 Å². The van der Waals surface area contributed by atoms with E-state index in [0.717, 1.165) is 35.7 Å². The van der Waals surface area contributed by atoms with Crippen molar-refractivity contribution in [1.82, 2.24) is 14.6 Å². The summed E-state index contributed by atoms with van der Waals surface area (Å²) in [4.78, 5) is 31.1. The zero-order valence-electron chi connectivity index (χ0n) is 18.0. The number of carbonyl (C=O) groups excluding carboxylic acids is 2. The van der Waals surface area contributed by atoms with E-state index in [1.807, 2.05) is 26.0 Å². The van der Waals surface area contributed by atoms with Crippen LogP contribution in [0.3, 0.4) is 0 Å². The molecule has 168 valence electrons. The van der Waals surface area contributed by atoms with Crippen LogP contribution in [0.1, 0.15) is 33.7 Å². The van der Waals surface area contributed by atoms with E-state index in [1.54, 1.807) is 10.6 Å². The van der Waals surface area contributed by atoms with Gasteiger partial charge in [-0.1, -0.05) is 11.6 Å². The summed E-state index contributed by atoms with van der Waals surface area (Å²) >= 11 is 6.19. The second-order valence-electron chi connectivity index (χ2n) is 7.73. The van der Waals surface area contributed by atoms with Crippen LogP contribution in [0.25, 0.3) is 5.65 Å². The number of benzene rings is 1. The first kappa shape index (κ1) is 22.0. The van der Waals surface area contributed by atoms with Gasteiger partial charge in [-0.3, -0.25) is 9.59 Å². The van der Waals surface area contributed by atoms with E-state index in [1.165, 1.54) is 6.20 Å². The zero-order valence-corrected chi connectivity index (χ0v) is 18.8. The summed E-state index contributed by atoms with van der Waals surface area (Å²) in [6, 6.07) is 5.51. The normalized spacial score (nSPS) is 14.0. The van der Waals surface area contributed by atoms with Crippen LogP contribution in [0.2, 0.25) is 5.02 Å². The number of nitrogens with one attached hydrogen (secondary N) is 1. The summed E-state index contributed by atoms with van der Waals surface area (Å²) < 4.78 is 7.02. The molecule has 3 N–H and O–H groups in total. The Balaban J connectivity index is 1.51. The molecule has 0 atom stereocenters. The molecule has 0 bridgehead atoms. The maximum absolute atomic E-state index is 12.8. The average Bonchev–Trinajstić information content (AvgIpc) is 3.18. The summed E-state index contributed by atoms with van der Waals surface area (Å²) in [7, 11) is 0. The molecular formula is C22H25ClN6O3. The van der Waals surface area contributed by atoms with Crippen LogP contribution in [0.15, 0.2) is 24.4 Å². The topological polar surface area (TPSA) is 115 Å². The number of hydrogen-bond donors (Lipinski definition) is 2. The molecule has 0 radical (unpaired) electrons. The predicted molar refractivity (Wildman–Crippen MR) is 122 cm³/mol. The van der Waals surface area contributed by atoms with Gasteiger partial charge in [-0.2, -0.15) is 5.10 Å². The molecule has 1 aliphatic heterocycles. The molecule has 0 aliphatic carbocycles. The predicted octanol–water partition coefficient (Wildman–Crippen LogP) is 2.51. The molecule has 3 aromatic rings. The molecule has 10 heteroatoms. The van der Waals surface area contributed by atoms with Gasteiger partial charge in [0.2, 0.25) is 5.91 Å². The summed E-state index contributed by atoms with van der Waals surface area (Å²) in [5.41, 5.74) is 10.2. The fourth-order valence-electron chi connectivity index (χ4n) is 3.99. The average molecular weight is 457 g/mol. The number of nitrogens with zero attached hydrogens (tertiary/aromatic N) is 4. The Morgan fingerprint density at radius 3 is 2.72 bits per heavy atom. The highest BCUT2D eigenvalue weighted by Crippen LogP contribution is 2.30. The van der Waals surface area contributed by atoms with Crippen LogP contribution in [-0.4, -0.2) is 52.7 Å². The lowest BCUT2D eigenvalue weighted by Crippen LogP contribution is -2.36. The highest BCUT2D eigenvalue weighted by Gasteiger charge is 2.19. The van der Waals surface area contributed by atoms with Gasteiger partial charge in [0.05, 0.1) is 30.8 Å². The Kier molecular flexibility index (Phi) is 6.29. The minimum atomic E-state index is -0.573. The van der Waals surface area contributed by atoms with E-state index in [4.69, 9.17) is 22.1 Å². The molecule has 1 saturated heterocycles. The lowest BCUT2D eigenvalue weighted by atomic mass is 10.1. The van der Waals surface area contributed by atoms with E-state index in [0.29, 0.717) is 36.0 Å². The summed E-state index contributed by atoms with van der Waals surface area (Å²) in [6.45, 7) is 6.55. The Hall–Kier alpha value is -3.17. The number of hydrogen-bond acceptors (Lipinski definition) is 6. The third-order valence-corrected chi connectivity index (χ3v) is 5.90. The number of ether oxygens (including phenoxy) is 1. The van der Waals surface area contributed by atoms with E-state index in [2.05, 4.69) is 20.3 Å². The number of aryl methyl sites for hydroxylation is 2. The molecule has 0 saturated carbocycles. The van der Waals surface area contributed by atoms with Crippen molar-refractivity contribution < 1.29 is 14.3 Å². The van der Waals surface area contributed by atoms with Gasteiger partial charge < -0.3 is 20.7 Å². The van der Waals surface area contributed by atoms with Crippen molar-refractivity contribution >= 4 is 40.4 Å². The fraction of sp³-hybridized carbons (Fsp3) is 0.364. The first-order chi connectivity index (χ1) is 15.3. The number of fused-ring (bicyclic) bond motifs is 1. The lowest BCUT2D eigenvalue weighted by molar-refractivity contribution is -0.116. The van der Waals surface area contributed by atoms with Crippen molar-refractivity contribution in [2.24, 2.45) is 5.73 Å². The Morgan fingerprint density at radius 1 is 1.25 bits per heavy atom. The van der Waals surface area contributed by atoms with E-state index >= 15 is 0 Å². The number of carbonyl (C=O) groups is 2. The first-order valence-corrected chi connectivity index (χ1v) is 10.8. The quantitative estimate of drug-likeness (QED) is 0.589. The molecule has 3 heterocycles. The zero-order chi connectivity index (χ0) is 22.8. The molecule has 1 fully saturated rings.